The molecule has 1 aliphatic heterocycles. The monoisotopic (exact) mass is 230 g/mol. The standard InChI is InChI=1S/C13H14N2O2/c16-9-10-2-1-6-15(8-10)13-11-4-7-17-12(11)3-5-14-13/h3-5,7,9-10H,1-2,6,8H2. The summed E-state index contributed by atoms with van der Waals surface area (Å²) in [7, 11) is 0. The zero-order valence-electron chi connectivity index (χ0n) is 9.50. The number of hydrogen-bond donors (Lipinski definition) is 0. The number of aromatic nitrogens is 1. The molecule has 1 saturated heterocycles. The van der Waals surface area contributed by atoms with Gasteiger partial charge in [0, 0.05) is 25.2 Å². The van der Waals surface area contributed by atoms with Crippen LogP contribution in [0.4, 0.5) is 5.82 Å². The number of nitrogens with zero attached hydrogens (tertiary/aromatic N) is 2. The molecule has 0 N–H and O–H groups in total. The number of hydrogen-bond acceptors (Lipinski definition) is 4. The molecule has 0 aromatic carbocycles. The maximum Gasteiger partial charge on any atom is 0.139 e. The Balaban J connectivity index is 1.97. The summed E-state index contributed by atoms with van der Waals surface area (Å²) in [5.41, 5.74) is 0.850. The predicted octanol–water partition coefficient (Wildman–Crippen LogP) is 2.24. The van der Waals surface area contributed by atoms with Crippen LogP contribution in [0.2, 0.25) is 0 Å². The first-order valence-electron chi connectivity index (χ1n) is 5.91. The number of furan rings is 1. The van der Waals surface area contributed by atoms with Gasteiger partial charge in [-0.2, -0.15) is 0 Å². The normalized spacial score (nSPS) is 20.7. The van der Waals surface area contributed by atoms with Crippen LogP contribution >= 0.6 is 0 Å². The van der Waals surface area contributed by atoms with Crippen LogP contribution < -0.4 is 4.90 Å². The Bertz CT molecular complexity index is 535. The summed E-state index contributed by atoms with van der Waals surface area (Å²) >= 11 is 0. The van der Waals surface area contributed by atoms with Crippen LogP contribution in [0.3, 0.4) is 0 Å². The van der Waals surface area contributed by atoms with Gasteiger partial charge in [0.25, 0.3) is 0 Å². The van der Waals surface area contributed by atoms with Crippen LogP contribution in [0.5, 0.6) is 0 Å². The lowest BCUT2D eigenvalue weighted by atomic mass is 9.99. The van der Waals surface area contributed by atoms with Crippen molar-refractivity contribution in [1.29, 1.82) is 0 Å². The summed E-state index contributed by atoms with van der Waals surface area (Å²) in [6, 6.07) is 3.79. The minimum Gasteiger partial charge on any atom is -0.464 e. The molecule has 0 aliphatic carbocycles. The van der Waals surface area contributed by atoms with E-state index < -0.39 is 0 Å². The van der Waals surface area contributed by atoms with E-state index in [0.29, 0.717) is 0 Å². The van der Waals surface area contributed by atoms with Crippen LogP contribution in [-0.4, -0.2) is 24.4 Å². The second-order valence-corrected chi connectivity index (χ2v) is 4.45. The van der Waals surface area contributed by atoms with Crippen molar-refractivity contribution in [2.75, 3.05) is 18.0 Å². The Morgan fingerprint density at radius 3 is 3.29 bits per heavy atom. The second kappa shape index (κ2) is 4.20. The zero-order valence-corrected chi connectivity index (χ0v) is 9.50. The molecule has 3 heterocycles. The summed E-state index contributed by atoms with van der Waals surface area (Å²) in [6.07, 6.45) is 6.52. The molecule has 4 heteroatoms. The van der Waals surface area contributed by atoms with E-state index in [9.17, 15) is 4.79 Å². The first-order valence-corrected chi connectivity index (χ1v) is 5.91. The Labute approximate surface area is 99.2 Å². The molecule has 88 valence electrons. The highest BCUT2D eigenvalue weighted by atomic mass is 16.3. The van der Waals surface area contributed by atoms with Gasteiger partial charge in [0.2, 0.25) is 0 Å². The van der Waals surface area contributed by atoms with Crippen LogP contribution in [0.25, 0.3) is 11.0 Å². The number of piperidine rings is 1. The molecule has 0 bridgehead atoms. The lowest BCUT2D eigenvalue weighted by Crippen LogP contribution is -2.36. The van der Waals surface area contributed by atoms with Gasteiger partial charge < -0.3 is 14.1 Å². The van der Waals surface area contributed by atoms with E-state index >= 15 is 0 Å². The number of anilines is 1. The molecule has 2 aromatic heterocycles. The SMILES string of the molecule is O=CC1CCCN(c2nccc3occc23)C1. The molecule has 1 atom stereocenters. The smallest absolute Gasteiger partial charge is 0.139 e. The van der Waals surface area contributed by atoms with Crippen molar-refractivity contribution < 1.29 is 9.21 Å². The minimum atomic E-state index is 0.132. The van der Waals surface area contributed by atoms with Gasteiger partial charge in [-0.25, -0.2) is 4.98 Å². The second-order valence-electron chi connectivity index (χ2n) is 4.45. The highest BCUT2D eigenvalue weighted by Crippen LogP contribution is 2.28. The lowest BCUT2D eigenvalue weighted by Gasteiger charge is -2.31. The third kappa shape index (κ3) is 1.79. The minimum absolute atomic E-state index is 0.132. The number of aldehydes is 1. The molecule has 0 amide bonds. The van der Waals surface area contributed by atoms with Gasteiger partial charge >= 0.3 is 0 Å². The molecule has 3 rings (SSSR count). The number of pyridine rings is 1. The zero-order chi connectivity index (χ0) is 11.7. The van der Waals surface area contributed by atoms with E-state index in [1.54, 1.807) is 12.5 Å². The van der Waals surface area contributed by atoms with E-state index in [-0.39, 0.29) is 5.92 Å². The Kier molecular flexibility index (Phi) is 2.55. The molecule has 1 aliphatic rings. The van der Waals surface area contributed by atoms with Crippen molar-refractivity contribution in [2.24, 2.45) is 5.92 Å². The van der Waals surface area contributed by atoms with Crippen LogP contribution in [0.1, 0.15) is 12.8 Å². The molecule has 0 radical (unpaired) electrons. The lowest BCUT2D eigenvalue weighted by molar-refractivity contribution is -0.111. The fourth-order valence-corrected chi connectivity index (χ4v) is 2.45. The number of carbonyl (C=O) groups is 1. The first-order chi connectivity index (χ1) is 8.38. The maximum atomic E-state index is 10.9. The number of rotatable bonds is 2. The molecule has 4 nitrogen and oxygen atoms in total. The fraction of sp³-hybridized carbons (Fsp3) is 0.385. The maximum absolute atomic E-state index is 10.9. The van der Waals surface area contributed by atoms with E-state index in [2.05, 4.69) is 9.88 Å². The third-order valence-electron chi connectivity index (χ3n) is 3.31. The summed E-state index contributed by atoms with van der Waals surface area (Å²) in [6.45, 7) is 1.72. The highest BCUT2D eigenvalue weighted by molar-refractivity contribution is 5.88. The molecule has 0 saturated carbocycles. The van der Waals surface area contributed by atoms with Crippen LogP contribution in [-0.2, 0) is 4.79 Å². The summed E-state index contributed by atoms with van der Waals surface area (Å²) in [4.78, 5) is 17.5. The molecule has 1 fully saturated rings. The predicted molar refractivity (Wildman–Crippen MR) is 65.0 cm³/mol. The van der Waals surface area contributed by atoms with Crippen molar-refractivity contribution in [3.05, 3.63) is 24.6 Å². The van der Waals surface area contributed by atoms with Crippen molar-refractivity contribution in [3.8, 4) is 0 Å². The summed E-state index contributed by atoms with van der Waals surface area (Å²) < 4.78 is 5.37. The van der Waals surface area contributed by atoms with Crippen molar-refractivity contribution in [1.82, 2.24) is 4.98 Å². The molecule has 1 unspecified atom stereocenters. The first kappa shape index (κ1) is 10.3. The van der Waals surface area contributed by atoms with Gasteiger partial charge in [0.15, 0.2) is 0 Å². The van der Waals surface area contributed by atoms with Crippen LogP contribution in [0, 0.1) is 5.92 Å². The molecule has 17 heavy (non-hydrogen) atoms. The van der Waals surface area contributed by atoms with E-state index in [1.807, 2.05) is 12.1 Å². The Morgan fingerprint density at radius 2 is 2.41 bits per heavy atom. The van der Waals surface area contributed by atoms with Gasteiger partial charge in [0.05, 0.1) is 11.6 Å². The summed E-state index contributed by atoms with van der Waals surface area (Å²) in [5.74, 6) is 1.07. The topological polar surface area (TPSA) is 46.3 Å². The van der Waals surface area contributed by atoms with Gasteiger partial charge in [0.1, 0.15) is 17.7 Å². The van der Waals surface area contributed by atoms with Gasteiger partial charge in [-0.3, -0.25) is 0 Å². The average molecular weight is 230 g/mol. The third-order valence-corrected chi connectivity index (χ3v) is 3.31. The molecule has 0 spiro atoms. The van der Waals surface area contributed by atoms with Crippen molar-refractivity contribution in [2.45, 2.75) is 12.8 Å². The van der Waals surface area contributed by atoms with E-state index in [1.165, 1.54) is 0 Å². The number of carbonyl (C=O) groups excluding carboxylic acids is 1. The Hall–Kier alpha value is -1.84. The van der Waals surface area contributed by atoms with E-state index in [4.69, 9.17) is 4.42 Å². The quantitative estimate of drug-likeness (QED) is 0.742. The molecule has 2 aromatic rings. The molecular weight excluding hydrogens is 216 g/mol. The highest BCUT2D eigenvalue weighted by Gasteiger charge is 2.22. The Morgan fingerprint density at radius 1 is 1.47 bits per heavy atom. The summed E-state index contributed by atoms with van der Waals surface area (Å²) in [5, 5.41) is 1.03. The van der Waals surface area contributed by atoms with Crippen LogP contribution in [0.15, 0.2) is 29.0 Å². The molecular formula is C13H14N2O2. The number of fused-ring (bicyclic) bond motifs is 1. The largest absolute Gasteiger partial charge is 0.464 e. The van der Waals surface area contributed by atoms with Crippen molar-refractivity contribution >= 4 is 23.1 Å². The van der Waals surface area contributed by atoms with Gasteiger partial charge in [-0.1, -0.05) is 0 Å². The van der Waals surface area contributed by atoms with Gasteiger partial charge in [-0.05, 0) is 25.0 Å². The fourth-order valence-electron chi connectivity index (χ4n) is 2.45. The van der Waals surface area contributed by atoms with E-state index in [0.717, 1.165) is 49.0 Å². The van der Waals surface area contributed by atoms with Crippen molar-refractivity contribution in [3.63, 3.8) is 0 Å². The average Bonchev–Trinajstić information content (AvgIpc) is 2.87. The van der Waals surface area contributed by atoms with Gasteiger partial charge in [-0.15, -0.1) is 0 Å².